The number of benzene rings is 1. The van der Waals surface area contributed by atoms with Gasteiger partial charge in [-0.05, 0) is 25.1 Å². The van der Waals surface area contributed by atoms with E-state index in [4.69, 9.17) is 19.4 Å². The van der Waals surface area contributed by atoms with Crippen molar-refractivity contribution in [2.75, 3.05) is 6.79 Å². The topological polar surface area (TPSA) is 77.4 Å². The number of rotatable bonds is 2. The van der Waals surface area contributed by atoms with E-state index in [2.05, 4.69) is 5.16 Å². The first-order valence-electron chi connectivity index (χ1n) is 5.47. The summed E-state index contributed by atoms with van der Waals surface area (Å²) in [4.78, 5) is 16.0. The molecule has 2 aliphatic heterocycles. The first-order chi connectivity index (χ1) is 8.58. The number of carboxylic acids is 1. The highest BCUT2D eigenvalue weighted by Gasteiger charge is 2.42. The first-order valence-corrected chi connectivity index (χ1v) is 5.47. The molecule has 0 aliphatic carbocycles. The molecule has 0 saturated heterocycles. The van der Waals surface area contributed by atoms with Crippen LogP contribution in [-0.4, -0.2) is 29.2 Å². The van der Waals surface area contributed by atoms with Crippen molar-refractivity contribution >= 4 is 11.7 Å². The van der Waals surface area contributed by atoms with Crippen molar-refractivity contribution in [2.45, 2.75) is 18.9 Å². The quantitative estimate of drug-likeness (QED) is 0.856. The number of hydrogen-bond donors (Lipinski definition) is 1. The second-order valence-electron chi connectivity index (χ2n) is 4.41. The van der Waals surface area contributed by atoms with Crippen molar-refractivity contribution in [3.63, 3.8) is 0 Å². The summed E-state index contributed by atoms with van der Waals surface area (Å²) in [6, 6.07) is 5.36. The molecule has 94 valence electrons. The number of nitrogens with zero attached hydrogens (tertiary/aromatic N) is 1. The Morgan fingerprint density at radius 1 is 1.39 bits per heavy atom. The van der Waals surface area contributed by atoms with E-state index < -0.39 is 11.6 Å². The van der Waals surface area contributed by atoms with Gasteiger partial charge in [-0.1, -0.05) is 5.16 Å². The molecule has 0 bridgehead atoms. The zero-order chi connectivity index (χ0) is 12.8. The van der Waals surface area contributed by atoms with Crippen molar-refractivity contribution in [1.82, 2.24) is 0 Å². The first kappa shape index (κ1) is 10.9. The summed E-state index contributed by atoms with van der Waals surface area (Å²) in [7, 11) is 0. The van der Waals surface area contributed by atoms with E-state index >= 15 is 0 Å². The molecule has 0 radical (unpaired) electrons. The molecule has 1 aromatic carbocycles. The minimum atomic E-state index is -1.29. The second kappa shape index (κ2) is 3.63. The summed E-state index contributed by atoms with van der Waals surface area (Å²) in [5, 5.41) is 12.9. The molecule has 2 heterocycles. The molecule has 0 unspecified atom stereocenters. The van der Waals surface area contributed by atoms with E-state index in [1.807, 2.05) is 6.07 Å². The van der Waals surface area contributed by atoms with E-state index in [0.717, 1.165) is 5.56 Å². The Hall–Kier alpha value is -2.24. The highest BCUT2D eigenvalue weighted by atomic mass is 16.7. The molecule has 0 aromatic heterocycles. The predicted molar refractivity (Wildman–Crippen MR) is 60.8 cm³/mol. The maximum Gasteiger partial charge on any atom is 0.351 e. The molecule has 2 aliphatic rings. The van der Waals surface area contributed by atoms with Crippen LogP contribution >= 0.6 is 0 Å². The second-order valence-corrected chi connectivity index (χ2v) is 4.41. The van der Waals surface area contributed by atoms with Gasteiger partial charge in [-0.3, -0.25) is 0 Å². The smallest absolute Gasteiger partial charge is 0.351 e. The average molecular weight is 249 g/mol. The van der Waals surface area contributed by atoms with Gasteiger partial charge in [0.25, 0.3) is 0 Å². The molecule has 0 saturated carbocycles. The normalized spacial score (nSPS) is 24.6. The molecule has 0 spiro atoms. The van der Waals surface area contributed by atoms with Gasteiger partial charge in [0.05, 0.1) is 5.71 Å². The lowest BCUT2D eigenvalue weighted by Gasteiger charge is -2.14. The van der Waals surface area contributed by atoms with Gasteiger partial charge in [0.2, 0.25) is 12.4 Å². The van der Waals surface area contributed by atoms with Crippen LogP contribution in [0.2, 0.25) is 0 Å². The van der Waals surface area contributed by atoms with Gasteiger partial charge in [-0.15, -0.1) is 0 Å². The van der Waals surface area contributed by atoms with Gasteiger partial charge in [-0.25, -0.2) is 4.79 Å². The van der Waals surface area contributed by atoms with Crippen LogP contribution in [0.1, 0.15) is 18.9 Å². The molecular formula is C12H11NO5. The predicted octanol–water partition coefficient (Wildman–Crippen LogP) is 1.38. The maximum atomic E-state index is 11.0. The number of carboxylic acid groups (broad SMARTS) is 1. The van der Waals surface area contributed by atoms with E-state index in [1.165, 1.54) is 6.92 Å². The fourth-order valence-electron chi connectivity index (χ4n) is 1.89. The van der Waals surface area contributed by atoms with Gasteiger partial charge in [0.1, 0.15) is 0 Å². The average Bonchev–Trinajstić information content (AvgIpc) is 2.95. The monoisotopic (exact) mass is 249 g/mol. The Morgan fingerprint density at radius 2 is 2.17 bits per heavy atom. The van der Waals surface area contributed by atoms with Crippen LogP contribution < -0.4 is 9.47 Å². The largest absolute Gasteiger partial charge is 0.478 e. The summed E-state index contributed by atoms with van der Waals surface area (Å²) < 4.78 is 10.5. The summed E-state index contributed by atoms with van der Waals surface area (Å²) in [6.07, 6.45) is 0.224. The minimum absolute atomic E-state index is 0.203. The molecule has 18 heavy (non-hydrogen) atoms. The molecular weight excluding hydrogens is 238 g/mol. The van der Waals surface area contributed by atoms with E-state index in [0.29, 0.717) is 17.2 Å². The fourth-order valence-corrected chi connectivity index (χ4v) is 1.89. The minimum Gasteiger partial charge on any atom is -0.478 e. The van der Waals surface area contributed by atoms with Crippen molar-refractivity contribution in [1.29, 1.82) is 0 Å². The van der Waals surface area contributed by atoms with Crippen molar-refractivity contribution in [2.24, 2.45) is 5.16 Å². The number of carbonyl (C=O) groups is 1. The van der Waals surface area contributed by atoms with Gasteiger partial charge in [0, 0.05) is 12.0 Å². The third kappa shape index (κ3) is 1.57. The SMILES string of the molecule is C[C@]1(C(=O)O)CC(c2ccc3c(c2)OCO3)=NO1. The van der Waals surface area contributed by atoms with Crippen LogP contribution in [0, 0.1) is 0 Å². The molecule has 6 heteroatoms. The molecule has 3 rings (SSSR count). The van der Waals surface area contributed by atoms with Crippen LogP contribution in [0.3, 0.4) is 0 Å². The van der Waals surface area contributed by atoms with Gasteiger partial charge in [0.15, 0.2) is 11.5 Å². The fraction of sp³-hybridized carbons (Fsp3) is 0.333. The molecule has 1 atom stereocenters. The lowest BCUT2D eigenvalue weighted by Crippen LogP contribution is -2.35. The van der Waals surface area contributed by atoms with Gasteiger partial charge in [-0.2, -0.15) is 0 Å². The number of oxime groups is 1. The Balaban J connectivity index is 1.87. The Kier molecular flexibility index (Phi) is 2.19. The summed E-state index contributed by atoms with van der Waals surface area (Å²) >= 11 is 0. The van der Waals surface area contributed by atoms with Gasteiger partial charge < -0.3 is 19.4 Å². The third-order valence-electron chi connectivity index (χ3n) is 3.02. The lowest BCUT2D eigenvalue weighted by atomic mass is 9.96. The van der Waals surface area contributed by atoms with Crippen molar-refractivity contribution in [3.8, 4) is 11.5 Å². The number of fused-ring (bicyclic) bond motifs is 1. The third-order valence-corrected chi connectivity index (χ3v) is 3.02. The zero-order valence-electron chi connectivity index (χ0n) is 9.67. The molecule has 1 aromatic rings. The number of hydrogen-bond acceptors (Lipinski definition) is 5. The molecule has 0 fully saturated rings. The van der Waals surface area contributed by atoms with Crippen LogP contribution in [0.15, 0.2) is 23.4 Å². The van der Waals surface area contributed by atoms with E-state index in [-0.39, 0.29) is 13.2 Å². The van der Waals surface area contributed by atoms with Crippen LogP contribution in [0.4, 0.5) is 0 Å². The highest BCUT2D eigenvalue weighted by Crippen LogP contribution is 2.35. The lowest BCUT2D eigenvalue weighted by molar-refractivity contribution is -0.160. The molecule has 1 N–H and O–H groups in total. The van der Waals surface area contributed by atoms with Crippen LogP contribution in [0.25, 0.3) is 0 Å². The van der Waals surface area contributed by atoms with Crippen LogP contribution in [0.5, 0.6) is 11.5 Å². The maximum absolute atomic E-state index is 11.0. The number of aliphatic carboxylic acids is 1. The summed E-state index contributed by atoms with van der Waals surface area (Å²) in [6.45, 7) is 1.70. The van der Waals surface area contributed by atoms with Crippen molar-refractivity contribution < 1.29 is 24.2 Å². The van der Waals surface area contributed by atoms with Gasteiger partial charge >= 0.3 is 5.97 Å². The van der Waals surface area contributed by atoms with E-state index in [9.17, 15) is 4.79 Å². The Morgan fingerprint density at radius 3 is 2.89 bits per heavy atom. The summed E-state index contributed by atoms with van der Waals surface area (Å²) in [5.41, 5.74) is 0.0912. The highest BCUT2D eigenvalue weighted by molar-refractivity contribution is 6.04. The summed E-state index contributed by atoms with van der Waals surface area (Å²) in [5.74, 6) is 0.292. The standard InChI is InChI=1S/C12H11NO5/c1-12(11(14)15)5-8(13-18-12)7-2-3-9-10(4-7)17-6-16-9/h2-4H,5-6H2,1H3,(H,14,15)/t12-/m1/s1. The Bertz CT molecular complexity index is 553. The molecule has 0 amide bonds. The zero-order valence-corrected chi connectivity index (χ0v) is 9.67. The van der Waals surface area contributed by atoms with E-state index in [1.54, 1.807) is 12.1 Å². The van der Waals surface area contributed by atoms with Crippen LogP contribution in [-0.2, 0) is 9.63 Å². The Labute approximate surface area is 103 Å². The number of ether oxygens (including phenoxy) is 2. The molecule has 6 nitrogen and oxygen atoms in total. The van der Waals surface area contributed by atoms with Crippen molar-refractivity contribution in [3.05, 3.63) is 23.8 Å².